The number of aryl methyl sites for hydroxylation is 1. The SMILES string of the molecule is O=C(O)CCCCc1cn(-c2cc(Br)ccc2Br)nn1. The lowest BCUT2D eigenvalue weighted by molar-refractivity contribution is -0.137. The molecule has 0 aliphatic heterocycles. The molecule has 0 saturated carbocycles. The van der Waals surface area contributed by atoms with Crippen molar-refractivity contribution in [2.45, 2.75) is 25.7 Å². The van der Waals surface area contributed by atoms with E-state index in [0.29, 0.717) is 6.42 Å². The van der Waals surface area contributed by atoms with Gasteiger partial charge in [0.1, 0.15) is 0 Å². The fraction of sp³-hybridized carbons (Fsp3) is 0.308. The van der Waals surface area contributed by atoms with Crippen LogP contribution in [0.3, 0.4) is 0 Å². The van der Waals surface area contributed by atoms with Gasteiger partial charge >= 0.3 is 5.97 Å². The summed E-state index contributed by atoms with van der Waals surface area (Å²) in [4.78, 5) is 10.4. The molecule has 5 nitrogen and oxygen atoms in total. The number of carbonyl (C=O) groups is 1. The molecule has 2 aromatic rings. The summed E-state index contributed by atoms with van der Waals surface area (Å²) in [5.41, 5.74) is 1.77. The van der Waals surface area contributed by atoms with Crippen molar-refractivity contribution in [2.24, 2.45) is 0 Å². The van der Waals surface area contributed by atoms with Gasteiger partial charge in [0.2, 0.25) is 0 Å². The molecule has 0 spiro atoms. The van der Waals surface area contributed by atoms with E-state index in [9.17, 15) is 4.79 Å². The third-order valence-corrected chi connectivity index (χ3v) is 3.93. The highest BCUT2D eigenvalue weighted by Gasteiger charge is 2.07. The molecule has 0 unspecified atom stereocenters. The molecule has 7 heteroatoms. The highest BCUT2D eigenvalue weighted by Crippen LogP contribution is 2.24. The van der Waals surface area contributed by atoms with Crippen LogP contribution in [0.15, 0.2) is 33.3 Å². The Morgan fingerprint density at radius 1 is 1.30 bits per heavy atom. The molecule has 1 heterocycles. The van der Waals surface area contributed by atoms with Crippen LogP contribution in [0.2, 0.25) is 0 Å². The normalized spacial score (nSPS) is 10.7. The van der Waals surface area contributed by atoms with Crippen LogP contribution in [0.25, 0.3) is 5.69 Å². The molecule has 0 bridgehead atoms. The van der Waals surface area contributed by atoms with Gasteiger partial charge in [-0.3, -0.25) is 4.79 Å². The van der Waals surface area contributed by atoms with Crippen molar-refractivity contribution in [2.75, 3.05) is 0 Å². The summed E-state index contributed by atoms with van der Waals surface area (Å²) in [5.74, 6) is -0.758. The summed E-state index contributed by atoms with van der Waals surface area (Å²) in [6.45, 7) is 0. The van der Waals surface area contributed by atoms with Crippen molar-refractivity contribution in [1.82, 2.24) is 15.0 Å². The van der Waals surface area contributed by atoms with Gasteiger partial charge in [0.15, 0.2) is 0 Å². The lowest BCUT2D eigenvalue weighted by Gasteiger charge is -2.03. The van der Waals surface area contributed by atoms with Gasteiger partial charge in [-0.25, -0.2) is 4.68 Å². The number of carboxylic acid groups (broad SMARTS) is 1. The minimum atomic E-state index is -0.758. The summed E-state index contributed by atoms with van der Waals surface area (Å²) in [6, 6.07) is 5.83. The molecule has 2 rings (SSSR count). The number of hydrogen-bond acceptors (Lipinski definition) is 3. The van der Waals surface area contributed by atoms with Crippen molar-refractivity contribution < 1.29 is 9.90 Å². The van der Waals surface area contributed by atoms with E-state index in [2.05, 4.69) is 42.2 Å². The van der Waals surface area contributed by atoms with E-state index < -0.39 is 5.97 Å². The van der Waals surface area contributed by atoms with Crippen molar-refractivity contribution in [3.8, 4) is 5.69 Å². The quantitative estimate of drug-likeness (QED) is 0.749. The van der Waals surface area contributed by atoms with Crippen LogP contribution >= 0.6 is 31.9 Å². The van der Waals surface area contributed by atoms with Gasteiger partial charge in [0.05, 0.1) is 17.6 Å². The largest absolute Gasteiger partial charge is 0.481 e. The smallest absolute Gasteiger partial charge is 0.303 e. The maximum Gasteiger partial charge on any atom is 0.303 e. The zero-order chi connectivity index (χ0) is 14.5. The number of unbranched alkanes of at least 4 members (excludes halogenated alkanes) is 1. The maximum absolute atomic E-state index is 10.4. The van der Waals surface area contributed by atoms with Crippen molar-refractivity contribution in [3.63, 3.8) is 0 Å². The lowest BCUT2D eigenvalue weighted by Crippen LogP contribution is -1.96. The molecule has 0 atom stereocenters. The summed E-state index contributed by atoms with van der Waals surface area (Å²) in [5, 5.41) is 16.8. The second-order valence-electron chi connectivity index (χ2n) is 4.35. The number of hydrogen-bond donors (Lipinski definition) is 1. The van der Waals surface area contributed by atoms with E-state index >= 15 is 0 Å². The molecular formula is C13H13Br2N3O2. The van der Waals surface area contributed by atoms with E-state index in [1.54, 1.807) is 4.68 Å². The van der Waals surface area contributed by atoms with Crippen LogP contribution in [0.5, 0.6) is 0 Å². The Balaban J connectivity index is 2.01. The number of benzene rings is 1. The second kappa shape index (κ2) is 6.99. The van der Waals surface area contributed by atoms with E-state index in [1.165, 1.54) is 0 Å². The Hall–Kier alpha value is -1.21. The molecule has 106 valence electrons. The van der Waals surface area contributed by atoms with E-state index in [4.69, 9.17) is 5.11 Å². The fourth-order valence-electron chi connectivity index (χ4n) is 1.77. The van der Waals surface area contributed by atoms with Crippen LogP contribution in [0.4, 0.5) is 0 Å². The van der Waals surface area contributed by atoms with Crippen LogP contribution in [0.1, 0.15) is 25.0 Å². The fourth-order valence-corrected chi connectivity index (χ4v) is 2.55. The third kappa shape index (κ3) is 4.14. The molecule has 1 aromatic heterocycles. The number of carboxylic acids is 1. The zero-order valence-electron chi connectivity index (χ0n) is 10.6. The molecule has 0 fully saturated rings. The van der Waals surface area contributed by atoms with E-state index in [0.717, 1.165) is 33.2 Å². The zero-order valence-corrected chi connectivity index (χ0v) is 13.8. The van der Waals surface area contributed by atoms with Gasteiger partial charge in [0, 0.05) is 15.4 Å². The number of rotatable bonds is 6. The van der Waals surface area contributed by atoms with Gasteiger partial charge in [-0.1, -0.05) is 21.1 Å². The van der Waals surface area contributed by atoms with Gasteiger partial charge in [-0.15, -0.1) is 5.10 Å². The molecule has 0 aliphatic carbocycles. The number of halogens is 2. The highest BCUT2D eigenvalue weighted by molar-refractivity contribution is 9.11. The average molecular weight is 403 g/mol. The summed E-state index contributed by atoms with van der Waals surface area (Å²) < 4.78 is 3.61. The minimum Gasteiger partial charge on any atom is -0.481 e. The molecule has 0 saturated heterocycles. The van der Waals surface area contributed by atoms with Gasteiger partial charge in [0.25, 0.3) is 0 Å². The highest BCUT2D eigenvalue weighted by atomic mass is 79.9. The van der Waals surface area contributed by atoms with Gasteiger partial charge in [-0.05, 0) is 53.4 Å². The molecular weight excluding hydrogens is 390 g/mol. The van der Waals surface area contributed by atoms with Gasteiger partial charge < -0.3 is 5.11 Å². The lowest BCUT2D eigenvalue weighted by atomic mass is 10.1. The Bertz CT molecular complexity index is 613. The Morgan fingerprint density at radius 2 is 2.10 bits per heavy atom. The van der Waals surface area contributed by atoms with Crippen LogP contribution in [-0.4, -0.2) is 26.1 Å². The number of aliphatic carboxylic acids is 1. The minimum absolute atomic E-state index is 0.200. The molecule has 0 radical (unpaired) electrons. The molecule has 20 heavy (non-hydrogen) atoms. The number of nitrogens with zero attached hydrogens (tertiary/aromatic N) is 3. The first kappa shape index (κ1) is 15.2. The van der Waals surface area contributed by atoms with Crippen LogP contribution in [-0.2, 0) is 11.2 Å². The summed E-state index contributed by atoms with van der Waals surface area (Å²) in [6.07, 6.45) is 4.25. The van der Waals surface area contributed by atoms with E-state index in [1.807, 2.05) is 24.4 Å². The van der Waals surface area contributed by atoms with Crippen LogP contribution in [0, 0.1) is 0 Å². The second-order valence-corrected chi connectivity index (χ2v) is 6.12. The van der Waals surface area contributed by atoms with Gasteiger partial charge in [-0.2, -0.15) is 0 Å². The van der Waals surface area contributed by atoms with Crippen molar-refractivity contribution in [1.29, 1.82) is 0 Å². The molecule has 1 N–H and O–H groups in total. The predicted octanol–water partition coefficient (Wildman–Crippen LogP) is 3.59. The Labute approximate surface area is 133 Å². The van der Waals surface area contributed by atoms with Crippen molar-refractivity contribution in [3.05, 3.63) is 39.0 Å². The first-order valence-corrected chi connectivity index (χ1v) is 7.73. The Kier molecular flexibility index (Phi) is 5.31. The molecule has 1 aromatic carbocycles. The summed E-state index contributed by atoms with van der Waals surface area (Å²) >= 11 is 6.91. The van der Waals surface area contributed by atoms with Crippen LogP contribution < -0.4 is 0 Å². The summed E-state index contributed by atoms with van der Waals surface area (Å²) in [7, 11) is 0. The topological polar surface area (TPSA) is 68.0 Å². The monoisotopic (exact) mass is 401 g/mol. The number of aromatic nitrogens is 3. The molecule has 0 aliphatic rings. The average Bonchev–Trinajstić information content (AvgIpc) is 2.86. The Morgan fingerprint density at radius 3 is 2.85 bits per heavy atom. The first-order chi connectivity index (χ1) is 9.56. The first-order valence-electron chi connectivity index (χ1n) is 6.14. The standard InChI is InChI=1S/C13H13Br2N3O2/c14-9-5-6-11(15)12(7-9)18-8-10(16-17-18)3-1-2-4-13(19)20/h5-8H,1-4H2,(H,19,20). The third-order valence-electron chi connectivity index (χ3n) is 2.77. The maximum atomic E-state index is 10.4. The molecule has 0 amide bonds. The van der Waals surface area contributed by atoms with Crippen molar-refractivity contribution >= 4 is 37.8 Å². The predicted molar refractivity (Wildman–Crippen MR) is 81.9 cm³/mol. The van der Waals surface area contributed by atoms with E-state index in [-0.39, 0.29) is 6.42 Å².